The summed E-state index contributed by atoms with van der Waals surface area (Å²) in [7, 11) is 0. The third-order valence-electron chi connectivity index (χ3n) is 5.54. The van der Waals surface area contributed by atoms with E-state index in [1.165, 1.54) is 11.3 Å². The minimum atomic E-state index is -0.433. The molecule has 1 atom stereocenters. The first kappa shape index (κ1) is 22.9. The lowest BCUT2D eigenvalue weighted by atomic mass is 9.88. The van der Waals surface area contributed by atoms with Crippen molar-refractivity contribution in [2.45, 2.75) is 66.3 Å². The maximum atomic E-state index is 12.6. The molecule has 10 heteroatoms. The smallest absolute Gasteiger partial charge is 0.341 e. The molecule has 2 heterocycles. The molecule has 31 heavy (non-hydrogen) atoms. The third-order valence-corrected chi connectivity index (χ3v) is 6.71. The number of nitrogens with one attached hydrogen (secondary N) is 1. The number of carbonyl (C=O) groups is 2. The van der Waals surface area contributed by atoms with E-state index in [-0.39, 0.29) is 30.6 Å². The summed E-state index contributed by atoms with van der Waals surface area (Å²) in [5.41, 5.74) is 2.36. The number of rotatable bonds is 8. The van der Waals surface area contributed by atoms with Crippen LogP contribution >= 0.6 is 11.3 Å². The molecule has 0 spiro atoms. The summed E-state index contributed by atoms with van der Waals surface area (Å²) in [4.78, 5) is 37.0. The molecule has 9 nitrogen and oxygen atoms in total. The number of hydrogen-bond donors (Lipinski definition) is 1. The minimum absolute atomic E-state index is 0.0157. The molecule has 168 valence electrons. The molecule has 1 aliphatic carbocycles. The summed E-state index contributed by atoms with van der Waals surface area (Å²) in [5, 5.41) is 18.8. The Balaban J connectivity index is 1.67. The fourth-order valence-electron chi connectivity index (χ4n) is 4.01. The second-order valence-corrected chi connectivity index (χ2v) is 9.03. The van der Waals surface area contributed by atoms with Crippen molar-refractivity contribution in [2.24, 2.45) is 5.92 Å². The SMILES string of the molecule is CCOC(=O)c1c(NC(=O)CCCn2nc(C)c([N+](=O)[O-])c2C)sc2c1CC[C@H](C)C2. The fraction of sp³-hybridized carbons (Fsp3) is 0.571. The lowest BCUT2D eigenvalue weighted by Crippen LogP contribution is -2.17. The summed E-state index contributed by atoms with van der Waals surface area (Å²) in [6.07, 6.45) is 3.42. The van der Waals surface area contributed by atoms with Crippen LogP contribution in [0.3, 0.4) is 0 Å². The summed E-state index contributed by atoms with van der Waals surface area (Å²) in [6, 6.07) is 0. The second-order valence-electron chi connectivity index (χ2n) is 7.93. The number of ether oxygens (including phenoxy) is 1. The van der Waals surface area contributed by atoms with E-state index in [1.807, 2.05) is 0 Å². The van der Waals surface area contributed by atoms with Gasteiger partial charge >= 0.3 is 11.7 Å². The van der Waals surface area contributed by atoms with Crippen molar-refractivity contribution in [1.82, 2.24) is 9.78 Å². The molecule has 0 unspecified atom stereocenters. The van der Waals surface area contributed by atoms with E-state index in [2.05, 4.69) is 17.3 Å². The average Bonchev–Trinajstić information content (AvgIpc) is 3.17. The minimum Gasteiger partial charge on any atom is -0.462 e. The van der Waals surface area contributed by atoms with Crippen LogP contribution in [0.25, 0.3) is 0 Å². The van der Waals surface area contributed by atoms with Crippen LogP contribution in [-0.2, 0) is 28.9 Å². The molecule has 1 aliphatic rings. The number of amides is 1. The predicted molar refractivity (Wildman–Crippen MR) is 118 cm³/mol. The molecule has 3 rings (SSSR count). The van der Waals surface area contributed by atoms with Crippen molar-refractivity contribution < 1.29 is 19.2 Å². The Bertz CT molecular complexity index is 1010. The van der Waals surface area contributed by atoms with E-state index in [9.17, 15) is 19.7 Å². The number of hydrogen-bond acceptors (Lipinski definition) is 7. The van der Waals surface area contributed by atoms with Gasteiger partial charge in [-0.05, 0) is 57.9 Å². The summed E-state index contributed by atoms with van der Waals surface area (Å²) in [5.74, 6) is -0.0393. The van der Waals surface area contributed by atoms with Crippen LogP contribution in [0.15, 0.2) is 0 Å². The van der Waals surface area contributed by atoms with Gasteiger partial charge in [0.2, 0.25) is 5.91 Å². The molecule has 0 saturated carbocycles. The van der Waals surface area contributed by atoms with Gasteiger partial charge in [-0.2, -0.15) is 5.10 Å². The molecule has 0 fully saturated rings. The highest BCUT2D eigenvalue weighted by Gasteiger charge is 2.29. The molecular weight excluding hydrogens is 420 g/mol. The van der Waals surface area contributed by atoms with Gasteiger partial charge in [0.25, 0.3) is 0 Å². The first-order valence-corrected chi connectivity index (χ1v) is 11.3. The van der Waals surface area contributed by atoms with E-state index < -0.39 is 4.92 Å². The molecule has 2 aromatic rings. The Morgan fingerprint density at radius 1 is 1.39 bits per heavy atom. The van der Waals surface area contributed by atoms with Gasteiger partial charge in [-0.15, -0.1) is 11.3 Å². The molecule has 1 amide bonds. The van der Waals surface area contributed by atoms with Crippen molar-refractivity contribution in [3.05, 3.63) is 37.5 Å². The first-order valence-electron chi connectivity index (χ1n) is 10.5. The summed E-state index contributed by atoms with van der Waals surface area (Å²) >= 11 is 1.46. The quantitative estimate of drug-likeness (QED) is 0.368. The van der Waals surface area contributed by atoms with Gasteiger partial charge in [0.1, 0.15) is 16.4 Å². The van der Waals surface area contributed by atoms with Crippen LogP contribution in [0.1, 0.15) is 65.3 Å². The van der Waals surface area contributed by atoms with Crippen molar-refractivity contribution in [2.75, 3.05) is 11.9 Å². The maximum Gasteiger partial charge on any atom is 0.341 e. The second kappa shape index (κ2) is 9.59. The van der Waals surface area contributed by atoms with Crippen molar-refractivity contribution in [3.8, 4) is 0 Å². The van der Waals surface area contributed by atoms with Gasteiger partial charge in [-0.3, -0.25) is 19.6 Å². The van der Waals surface area contributed by atoms with Gasteiger partial charge in [0.15, 0.2) is 0 Å². The number of anilines is 1. The maximum absolute atomic E-state index is 12.6. The molecule has 0 aromatic carbocycles. The highest BCUT2D eigenvalue weighted by molar-refractivity contribution is 7.17. The highest BCUT2D eigenvalue weighted by Crippen LogP contribution is 2.40. The summed E-state index contributed by atoms with van der Waals surface area (Å²) in [6.45, 7) is 7.89. The van der Waals surface area contributed by atoms with Crippen molar-refractivity contribution in [3.63, 3.8) is 0 Å². The molecule has 2 aromatic heterocycles. The summed E-state index contributed by atoms with van der Waals surface area (Å²) < 4.78 is 6.80. The third kappa shape index (κ3) is 4.95. The van der Waals surface area contributed by atoms with Gasteiger partial charge in [0.05, 0.1) is 17.1 Å². The zero-order valence-electron chi connectivity index (χ0n) is 18.3. The van der Waals surface area contributed by atoms with Crippen LogP contribution < -0.4 is 5.32 Å². The molecule has 0 aliphatic heterocycles. The first-order chi connectivity index (χ1) is 14.7. The Hall–Kier alpha value is -2.75. The van der Waals surface area contributed by atoms with E-state index in [4.69, 9.17) is 4.74 Å². The number of aromatic nitrogens is 2. The Labute approximate surface area is 184 Å². The van der Waals surface area contributed by atoms with Gasteiger partial charge in [0, 0.05) is 17.8 Å². The van der Waals surface area contributed by atoms with Gasteiger partial charge in [-0.1, -0.05) is 6.92 Å². The lowest BCUT2D eigenvalue weighted by molar-refractivity contribution is -0.386. The lowest BCUT2D eigenvalue weighted by Gasteiger charge is -2.18. The van der Waals surface area contributed by atoms with Crippen LogP contribution in [0, 0.1) is 29.9 Å². The normalized spacial score (nSPS) is 15.4. The van der Waals surface area contributed by atoms with Crippen LogP contribution in [-0.4, -0.2) is 33.2 Å². The Morgan fingerprint density at radius 2 is 2.13 bits per heavy atom. The number of thiophene rings is 1. The molecule has 1 N–H and O–H groups in total. The topological polar surface area (TPSA) is 116 Å². The molecule has 0 bridgehead atoms. The van der Waals surface area contributed by atoms with E-state index in [0.29, 0.717) is 40.8 Å². The molecule has 0 radical (unpaired) electrons. The Morgan fingerprint density at radius 3 is 2.77 bits per heavy atom. The van der Waals surface area contributed by atoms with Gasteiger partial charge in [-0.25, -0.2) is 4.79 Å². The van der Waals surface area contributed by atoms with Crippen molar-refractivity contribution in [1.29, 1.82) is 0 Å². The van der Waals surface area contributed by atoms with Gasteiger partial charge < -0.3 is 10.1 Å². The average molecular weight is 449 g/mol. The van der Waals surface area contributed by atoms with E-state index >= 15 is 0 Å². The number of nitro groups is 1. The van der Waals surface area contributed by atoms with Crippen LogP contribution in [0.4, 0.5) is 10.7 Å². The monoisotopic (exact) mass is 448 g/mol. The largest absolute Gasteiger partial charge is 0.462 e. The van der Waals surface area contributed by atoms with Crippen LogP contribution in [0.5, 0.6) is 0 Å². The zero-order chi connectivity index (χ0) is 22.7. The van der Waals surface area contributed by atoms with E-state index in [0.717, 1.165) is 29.7 Å². The van der Waals surface area contributed by atoms with Crippen molar-refractivity contribution >= 4 is 33.9 Å². The number of nitrogens with zero attached hydrogens (tertiary/aromatic N) is 3. The number of carbonyl (C=O) groups excluding carboxylic acids is 2. The number of esters is 1. The van der Waals surface area contributed by atoms with Crippen LogP contribution in [0.2, 0.25) is 0 Å². The predicted octanol–water partition coefficient (Wildman–Crippen LogP) is 4.19. The fourth-order valence-corrected chi connectivity index (χ4v) is 5.42. The number of fused-ring (bicyclic) bond motifs is 1. The standard InChI is InChI=1S/C21H28N4O5S/c1-5-30-21(27)18-15-9-8-12(2)11-16(15)31-20(18)22-17(26)7-6-10-24-14(4)19(25(28)29)13(3)23-24/h12H,5-11H2,1-4H3,(H,22,26)/t12-/m0/s1. The molecule has 0 saturated heterocycles. The Kier molecular flexibility index (Phi) is 7.09. The number of aryl methyl sites for hydroxylation is 2. The molecular formula is C21H28N4O5S. The zero-order valence-corrected chi connectivity index (χ0v) is 19.1. The highest BCUT2D eigenvalue weighted by atomic mass is 32.1. The van der Waals surface area contributed by atoms with E-state index in [1.54, 1.807) is 25.5 Å².